The molecule has 0 heterocycles. The number of benzene rings is 2. The first kappa shape index (κ1) is 20.5. The first-order chi connectivity index (χ1) is 14.2. The van der Waals surface area contributed by atoms with Crippen LogP contribution in [-0.2, 0) is 9.59 Å². The summed E-state index contributed by atoms with van der Waals surface area (Å²) in [6.07, 6.45) is 0. The number of hydrogen-bond donors (Lipinski definition) is 4. The van der Waals surface area contributed by atoms with Crippen molar-refractivity contribution in [1.29, 1.82) is 0 Å². The number of aliphatic carboxylic acids is 2. The first-order valence-corrected chi connectivity index (χ1v) is 8.87. The van der Waals surface area contributed by atoms with E-state index in [1.54, 1.807) is 24.3 Å². The van der Waals surface area contributed by atoms with Crippen molar-refractivity contribution in [2.45, 2.75) is 0 Å². The molecule has 1 aliphatic rings. The van der Waals surface area contributed by atoms with E-state index in [0.29, 0.717) is 11.4 Å². The zero-order valence-electron chi connectivity index (χ0n) is 15.8. The molecule has 1 aliphatic carbocycles. The van der Waals surface area contributed by atoms with Crippen LogP contribution in [0, 0.1) is 0 Å². The van der Waals surface area contributed by atoms with Gasteiger partial charge < -0.3 is 20.8 Å². The number of carbonyl (C=O) groups excluding carboxylic acids is 2. The van der Waals surface area contributed by atoms with Crippen LogP contribution >= 0.6 is 0 Å². The van der Waals surface area contributed by atoms with Gasteiger partial charge in [0.2, 0.25) is 0 Å². The molecule has 0 bridgehead atoms. The average Bonchev–Trinajstić information content (AvgIpc) is 2.73. The number of rotatable bonds is 8. The predicted molar refractivity (Wildman–Crippen MR) is 110 cm³/mol. The van der Waals surface area contributed by atoms with Crippen LogP contribution in [0.25, 0.3) is 0 Å². The van der Waals surface area contributed by atoms with Gasteiger partial charge in [0.05, 0.1) is 11.1 Å². The van der Waals surface area contributed by atoms with Gasteiger partial charge in [-0.15, -0.1) is 0 Å². The van der Waals surface area contributed by atoms with Crippen LogP contribution in [0.4, 0.5) is 11.4 Å². The Labute approximate surface area is 171 Å². The van der Waals surface area contributed by atoms with Gasteiger partial charge in [0.25, 0.3) is 0 Å². The van der Waals surface area contributed by atoms with E-state index in [4.69, 9.17) is 10.2 Å². The maximum atomic E-state index is 13.2. The molecule has 0 saturated carbocycles. The zero-order valence-corrected chi connectivity index (χ0v) is 15.8. The maximum absolute atomic E-state index is 13.2. The summed E-state index contributed by atoms with van der Waals surface area (Å²) < 4.78 is 0. The summed E-state index contributed by atoms with van der Waals surface area (Å²) in [5.41, 5.74) is 1.13. The molecule has 152 valence electrons. The van der Waals surface area contributed by atoms with E-state index in [2.05, 4.69) is 23.8 Å². The highest BCUT2D eigenvalue weighted by molar-refractivity contribution is 6.31. The molecule has 0 radical (unpaired) electrons. The third-order valence-corrected chi connectivity index (χ3v) is 4.66. The van der Waals surface area contributed by atoms with E-state index in [-0.39, 0.29) is 46.5 Å². The molecule has 8 nitrogen and oxygen atoms in total. The van der Waals surface area contributed by atoms with Crippen molar-refractivity contribution in [2.75, 3.05) is 23.7 Å². The second-order valence-corrected chi connectivity index (χ2v) is 6.64. The topological polar surface area (TPSA) is 133 Å². The van der Waals surface area contributed by atoms with Crippen molar-refractivity contribution in [1.82, 2.24) is 0 Å². The van der Waals surface area contributed by atoms with Gasteiger partial charge in [-0.2, -0.15) is 0 Å². The molecule has 0 amide bonds. The molecule has 3 rings (SSSR count). The fraction of sp³-hybridized carbons (Fsp3) is 0.0909. The summed E-state index contributed by atoms with van der Waals surface area (Å²) >= 11 is 0. The lowest BCUT2D eigenvalue weighted by molar-refractivity contribution is -0.133. The summed E-state index contributed by atoms with van der Waals surface area (Å²) in [5, 5.41) is 23.6. The number of carboxylic acids is 2. The van der Waals surface area contributed by atoms with Gasteiger partial charge in [-0.3, -0.25) is 9.59 Å². The van der Waals surface area contributed by atoms with Gasteiger partial charge >= 0.3 is 11.9 Å². The van der Waals surface area contributed by atoms with Crippen molar-refractivity contribution in [3.8, 4) is 0 Å². The van der Waals surface area contributed by atoms with Crippen molar-refractivity contribution >= 4 is 34.9 Å². The third-order valence-electron chi connectivity index (χ3n) is 4.66. The third kappa shape index (κ3) is 3.70. The Hall–Kier alpha value is -4.20. The molecule has 0 aliphatic heterocycles. The van der Waals surface area contributed by atoms with E-state index >= 15 is 0 Å². The lowest BCUT2D eigenvalue weighted by Crippen LogP contribution is -2.25. The van der Waals surface area contributed by atoms with E-state index in [1.165, 1.54) is 12.1 Å². The van der Waals surface area contributed by atoms with E-state index in [0.717, 1.165) is 0 Å². The van der Waals surface area contributed by atoms with Crippen molar-refractivity contribution in [3.63, 3.8) is 0 Å². The highest BCUT2D eigenvalue weighted by Crippen LogP contribution is 2.35. The van der Waals surface area contributed by atoms with Gasteiger partial charge in [-0.1, -0.05) is 37.4 Å². The molecule has 0 fully saturated rings. The van der Waals surface area contributed by atoms with Crippen molar-refractivity contribution < 1.29 is 29.4 Å². The summed E-state index contributed by atoms with van der Waals surface area (Å²) in [5.74, 6) is -3.13. The van der Waals surface area contributed by atoms with Crippen LogP contribution in [-0.4, -0.2) is 46.8 Å². The predicted octanol–water partition coefficient (Wildman–Crippen LogP) is 2.57. The maximum Gasteiger partial charge on any atom is 0.332 e. The number of anilines is 2. The Kier molecular flexibility index (Phi) is 5.50. The monoisotopic (exact) mass is 406 g/mol. The molecule has 2 aromatic rings. The van der Waals surface area contributed by atoms with Gasteiger partial charge in [-0.05, 0) is 12.1 Å². The Balaban J connectivity index is 1.99. The first-order valence-electron chi connectivity index (χ1n) is 8.87. The summed E-state index contributed by atoms with van der Waals surface area (Å²) in [6.45, 7) is 6.68. The molecule has 2 aromatic carbocycles. The van der Waals surface area contributed by atoms with Crippen LogP contribution in [0.5, 0.6) is 0 Å². The number of carboxylic acid groups (broad SMARTS) is 2. The molecule has 0 unspecified atom stereocenters. The molecule has 0 spiro atoms. The molecule has 30 heavy (non-hydrogen) atoms. The number of fused-ring (bicyclic) bond motifs is 2. The molecule has 0 aromatic heterocycles. The van der Waals surface area contributed by atoms with Gasteiger partial charge in [0, 0.05) is 46.7 Å². The Morgan fingerprint density at radius 2 is 1.10 bits per heavy atom. The smallest absolute Gasteiger partial charge is 0.332 e. The number of nitrogens with one attached hydrogen (secondary N) is 2. The minimum Gasteiger partial charge on any atom is -0.478 e. The van der Waals surface area contributed by atoms with E-state index in [1.807, 2.05) is 0 Å². The minimum absolute atomic E-state index is 0.0901. The molecular weight excluding hydrogens is 388 g/mol. The lowest BCUT2D eigenvalue weighted by Gasteiger charge is -2.23. The highest BCUT2D eigenvalue weighted by atomic mass is 16.4. The largest absolute Gasteiger partial charge is 0.478 e. The number of ketones is 2. The summed E-state index contributed by atoms with van der Waals surface area (Å²) in [6, 6.07) is 9.38. The van der Waals surface area contributed by atoms with Crippen molar-refractivity contribution in [2.24, 2.45) is 0 Å². The Morgan fingerprint density at radius 1 is 0.733 bits per heavy atom. The molecule has 4 N–H and O–H groups in total. The van der Waals surface area contributed by atoms with Gasteiger partial charge in [0.15, 0.2) is 11.6 Å². The van der Waals surface area contributed by atoms with Gasteiger partial charge in [0.1, 0.15) is 0 Å². The normalized spacial score (nSPS) is 11.9. The van der Waals surface area contributed by atoms with Crippen LogP contribution in [0.15, 0.2) is 60.7 Å². The standard InChI is InChI=1S/C22H18N2O6/c1-11(21(27)28)9-23-15-7-3-5-13-17(15)19(25)14-6-4-8-16(18(14)20(13)26)24-10-12(2)22(29)30/h3-8,23-24H,1-2,9-10H2,(H,27,28)(H,29,30). The Bertz CT molecular complexity index is 1040. The van der Waals surface area contributed by atoms with E-state index in [9.17, 15) is 19.2 Å². The minimum atomic E-state index is -1.17. The second kappa shape index (κ2) is 8.04. The average molecular weight is 406 g/mol. The second-order valence-electron chi connectivity index (χ2n) is 6.64. The van der Waals surface area contributed by atoms with Crippen LogP contribution < -0.4 is 10.6 Å². The quantitative estimate of drug-likeness (QED) is 0.420. The number of hydrogen-bond acceptors (Lipinski definition) is 6. The fourth-order valence-corrected chi connectivity index (χ4v) is 3.09. The summed E-state index contributed by atoms with van der Waals surface area (Å²) in [7, 11) is 0. The van der Waals surface area contributed by atoms with Crippen LogP contribution in [0.1, 0.15) is 31.8 Å². The molecule has 8 heteroatoms. The SMILES string of the molecule is C=C(CNc1cccc2c1C(=O)c1cccc(NCC(=C)C(=O)O)c1C2=O)C(=O)O. The molecule has 0 saturated heterocycles. The van der Waals surface area contributed by atoms with Crippen molar-refractivity contribution in [3.05, 3.63) is 83.0 Å². The molecule has 0 atom stereocenters. The van der Waals surface area contributed by atoms with Gasteiger partial charge in [-0.25, -0.2) is 9.59 Å². The summed E-state index contributed by atoms with van der Waals surface area (Å²) in [4.78, 5) is 48.3. The van der Waals surface area contributed by atoms with E-state index < -0.39 is 23.5 Å². The lowest BCUT2D eigenvalue weighted by atomic mass is 9.82. The fourth-order valence-electron chi connectivity index (χ4n) is 3.09. The number of carbonyl (C=O) groups is 4. The van der Waals surface area contributed by atoms with Crippen LogP contribution in [0.3, 0.4) is 0 Å². The highest BCUT2D eigenvalue weighted by Gasteiger charge is 2.33. The zero-order chi connectivity index (χ0) is 22.0. The van der Waals surface area contributed by atoms with Crippen LogP contribution in [0.2, 0.25) is 0 Å². The molecular formula is C22H18N2O6. The Morgan fingerprint density at radius 3 is 1.43 bits per heavy atom.